The van der Waals surface area contributed by atoms with E-state index in [-0.39, 0.29) is 24.2 Å². The third kappa shape index (κ3) is 5.85. The molecule has 3 rings (SSSR count). The molecule has 1 aromatic heterocycles. The smallest absolute Gasteiger partial charge is 0.291 e. The molecule has 0 bridgehead atoms. The van der Waals surface area contributed by atoms with Gasteiger partial charge in [0.2, 0.25) is 0 Å². The number of nitrogens with one attached hydrogen (secondary N) is 2. The highest BCUT2D eigenvalue weighted by atomic mass is 16.5. The van der Waals surface area contributed by atoms with Gasteiger partial charge in [0, 0.05) is 30.9 Å². The first-order valence-corrected chi connectivity index (χ1v) is 9.70. The van der Waals surface area contributed by atoms with E-state index in [1.54, 1.807) is 36.4 Å². The standard InChI is InChI=1S/C21H27N3O4/c1-16-6-2-3-11-24(16)12-10-22-20(25)15-28-18-8-4-7-17(14-18)23-21(26)19-9-5-13-27-19/h4-5,7-9,13-14,16H,2-3,6,10-12,15H2,1H3,(H,22,25)(H,23,26). The van der Waals surface area contributed by atoms with Crippen molar-refractivity contribution >= 4 is 17.5 Å². The van der Waals surface area contributed by atoms with Crippen LogP contribution in [0.4, 0.5) is 5.69 Å². The normalized spacial score (nSPS) is 17.1. The molecule has 7 nitrogen and oxygen atoms in total. The van der Waals surface area contributed by atoms with Crippen molar-refractivity contribution in [2.75, 3.05) is 31.6 Å². The fourth-order valence-electron chi connectivity index (χ4n) is 3.29. The van der Waals surface area contributed by atoms with Crippen LogP contribution >= 0.6 is 0 Å². The summed E-state index contributed by atoms with van der Waals surface area (Å²) in [4.78, 5) is 26.4. The SMILES string of the molecule is CC1CCCCN1CCNC(=O)COc1cccc(NC(=O)c2ccco2)c1. The molecule has 2 aromatic rings. The van der Waals surface area contributed by atoms with Crippen molar-refractivity contribution in [1.82, 2.24) is 10.2 Å². The topological polar surface area (TPSA) is 83.8 Å². The van der Waals surface area contributed by atoms with Crippen molar-refractivity contribution in [3.63, 3.8) is 0 Å². The number of nitrogens with zero attached hydrogens (tertiary/aromatic N) is 1. The predicted octanol–water partition coefficient (Wildman–Crippen LogP) is 2.90. The van der Waals surface area contributed by atoms with Gasteiger partial charge in [0.25, 0.3) is 11.8 Å². The minimum Gasteiger partial charge on any atom is -0.484 e. The highest BCUT2D eigenvalue weighted by Gasteiger charge is 2.17. The second-order valence-electron chi connectivity index (χ2n) is 6.98. The summed E-state index contributed by atoms with van der Waals surface area (Å²) < 4.78 is 10.6. The number of furan rings is 1. The van der Waals surface area contributed by atoms with Gasteiger partial charge in [0.05, 0.1) is 6.26 Å². The summed E-state index contributed by atoms with van der Waals surface area (Å²) in [5, 5.41) is 5.63. The monoisotopic (exact) mass is 385 g/mol. The molecule has 1 atom stereocenters. The fraction of sp³-hybridized carbons (Fsp3) is 0.429. The number of likely N-dealkylation sites (tertiary alicyclic amines) is 1. The van der Waals surface area contributed by atoms with E-state index in [9.17, 15) is 9.59 Å². The summed E-state index contributed by atoms with van der Waals surface area (Å²) in [6, 6.07) is 10.7. The minimum absolute atomic E-state index is 0.0643. The number of hydrogen-bond acceptors (Lipinski definition) is 5. The van der Waals surface area contributed by atoms with Crippen LogP contribution in [0.1, 0.15) is 36.7 Å². The maximum atomic E-state index is 12.0. The van der Waals surface area contributed by atoms with Crippen molar-refractivity contribution in [3.05, 3.63) is 48.4 Å². The van der Waals surface area contributed by atoms with Gasteiger partial charge in [-0.3, -0.25) is 14.5 Å². The van der Waals surface area contributed by atoms with Crippen molar-refractivity contribution in [2.45, 2.75) is 32.2 Å². The van der Waals surface area contributed by atoms with E-state index in [1.807, 2.05) is 0 Å². The summed E-state index contributed by atoms with van der Waals surface area (Å²) in [5.41, 5.74) is 0.568. The lowest BCUT2D eigenvalue weighted by molar-refractivity contribution is -0.123. The molecule has 2 N–H and O–H groups in total. The van der Waals surface area contributed by atoms with E-state index in [0.29, 0.717) is 24.0 Å². The average molecular weight is 385 g/mol. The number of hydrogen-bond donors (Lipinski definition) is 2. The van der Waals surface area contributed by atoms with Crippen molar-refractivity contribution in [1.29, 1.82) is 0 Å². The lowest BCUT2D eigenvalue weighted by Crippen LogP contribution is -2.43. The lowest BCUT2D eigenvalue weighted by Gasteiger charge is -2.33. The van der Waals surface area contributed by atoms with Crippen molar-refractivity contribution in [3.8, 4) is 5.75 Å². The molecule has 1 aromatic carbocycles. The summed E-state index contributed by atoms with van der Waals surface area (Å²) in [6.07, 6.45) is 5.19. The summed E-state index contributed by atoms with van der Waals surface area (Å²) >= 11 is 0. The zero-order valence-corrected chi connectivity index (χ0v) is 16.1. The fourth-order valence-corrected chi connectivity index (χ4v) is 3.29. The van der Waals surface area contributed by atoms with Crippen LogP contribution in [0.5, 0.6) is 5.75 Å². The summed E-state index contributed by atoms with van der Waals surface area (Å²) in [7, 11) is 0. The Morgan fingerprint density at radius 1 is 1.25 bits per heavy atom. The van der Waals surface area contributed by atoms with Gasteiger partial charge in [-0.1, -0.05) is 12.5 Å². The molecular formula is C21H27N3O4. The Balaban J connectivity index is 1.40. The molecule has 0 saturated carbocycles. The zero-order valence-electron chi connectivity index (χ0n) is 16.1. The van der Waals surface area contributed by atoms with Gasteiger partial charge in [0.1, 0.15) is 5.75 Å². The van der Waals surface area contributed by atoms with Gasteiger partial charge in [-0.2, -0.15) is 0 Å². The van der Waals surface area contributed by atoms with Gasteiger partial charge >= 0.3 is 0 Å². The van der Waals surface area contributed by atoms with Crippen molar-refractivity contribution < 1.29 is 18.7 Å². The molecule has 2 amide bonds. The number of rotatable bonds is 8. The van der Waals surface area contributed by atoms with Crippen LogP contribution < -0.4 is 15.4 Å². The zero-order chi connectivity index (χ0) is 19.8. The van der Waals surface area contributed by atoms with Crippen LogP contribution in [0.3, 0.4) is 0 Å². The number of anilines is 1. The van der Waals surface area contributed by atoms with E-state index >= 15 is 0 Å². The largest absolute Gasteiger partial charge is 0.484 e. The Kier molecular flexibility index (Phi) is 7.08. The maximum Gasteiger partial charge on any atom is 0.291 e. The van der Waals surface area contributed by atoms with Crippen LogP contribution in [-0.4, -0.2) is 49.0 Å². The highest BCUT2D eigenvalue weighted by molar-refractivity contribution is 6.02. The van der Waals surface area contributed by atoms with Gasteiger partial charge in [-0.15, -0.1) is 0 Å². The predicted molar refractivity (Wildman–Crippen MR) is 106 cm³/mol. The first kappa shape index (κ1) is 19.9. The van der Waals surface area contributed by atoms with Gasteiger partial charge in [0.15, 0.2) is 12.4 Å². The van der Waals surface area contributed by atoms with E-state index in [0.717, 1.165) is 13.1 Å². The van der Waals surface area contributed by atoms with Crippen LogP contribution in [0.2, 0.25) is 0 Å². The molecule has 150 valence electrons. The Hall–Kier alpha value is -2.80. The Labute approximate surface area is 165 Å². The van der Waals surface area contributed by atoms with E-state index in [4.69, 9.17) is 9.15 Å². The van der Waals surface area contributed by atoms with Crippen LogP contribution in [0.25, 0.3) is 0 Å². The summed E-state index contributed by atoms with van der Waals surface area (Å²) in [6.45, 7) is 4.75. The number of piperidine rings is 1. The van der Waals surface area contributed by atoms with Crippen molar-refractivity contribution in [2.24, 2.45) is 0 Å². The number of carbonyl (C=O) groups excluding carboxylic acids is 2. The first-order valence-electron chi connectivity index (χ1n) is 9.70. The molecule has 28 heavy (non-hydrogen) atoms. The molecule has 2 heterocycles. The number of carbonyl (C=O) groups is 2. The van der Waals surface area contributed by atoms with Crippen LogP contribution in [0, 0.1) is 0 Å². The summed E-state index contributed by atoms with van der Waals surface area (Å²) in [5.74, 6) is 0.243. The molecule has 1 unspecified atom stereocenters. The quantitative estimate of drug-likeness (QED) is 0.730. The Morgan fingerprint density at radius 3 is 2.93 bits per heavy atom. The highest BCUT2D eigenvalue weighted by Crippen LogP contribution is 2.18. The Bertz CT molecular complexity index is 776. The van der Waals surface area contributed by atoms with E-state index in [2.05, 4.69) is 22.5 Å². The molecule has 0 spiro atoms. The third-order valence-electron chi connectivity index (χ3n) is 4.87. The van der Waals surface area contributed by atoms with E-state index < -0.39 is 0 Å². The van der Waals surface area contributed by atoms with Gasteiger partial charge in [-0.05, 0) is 50.6 Å². The Morgan fingerprint density at radius 2 is 2.14 bits per heavy atom. The van der Waals surface area contributed by atoms with Crippen LogP contribution in [0.15, 0.2) is 47.1 Å². The molecule has 1 aliphatic heterocycles. The second-order valence-corrected chi connectivity index (χ2v) is 6.98. The molecule has 1 fully saturated rings. The first-order chi connectivity index (χ1) is 13.6. The molecule has 0 aliphatic carbocycles. The average Bonchev–Trinajstić information content (AvgIpc) is 3.23. The van der Waals surface area contributed by atoms with Gasteiger partial charge < -0.3 is 19.8 Å². The third-order valence-corrected chi connectivity index (χ3v) is 4.87. The number of benzene rings is 1. The number of ether oxygens (including phenoxy) is 1. The molecule has 7 heteroatoms. The van der Waals surface area contributed by atoms with E-state index in [1.165, 1.54) is 25.5 Å². The lowest BCUT2D eigenvalue weighted by atomic mass is 10.0. The minimum atomic E-state index is -0.341. The second kappa shape index (κ2) is 9.94. The molecular weight excluding hydrogens is 358 g/mol. The number of amides is 2. The van der Waals surface area contributed by atoms with Gasteiger partial charge in [-0.25, -0.2) is 0 Å². The van der Waals surface area contributed by atoms with Crippen LogP contribution in [-0.2, 0) is 4.79 Å². The maximum absolute atomic E-state index is 12.0. The molecule has 1 saturated heterocycles. The molecule has 1 aliphatic rings. The molecule has 0 radical (unpaired) electrons.